The first kappa shape index (κ1) is 11.0. The summed E-state index contributed by atoms with van der Waals surface area (Å²) in [5.74, 6) is 0.817. The highest BCUT2D eigenvalue weighted by atomic mass is 32.1. The van der Waals surface area contributed by atoms with E-state index in [0.717, 1.165) is 17.3 Å². The molecule has 3 rings (SSSR count). The van der Waals surface area contributed by atoms with Crippen LogP contribution in [0.15, 0.2) is 23.8 Å². The molecule has 17 heavy (non-hydrogen) atoms. The Hall–Kier alpha value is -1.13. The Morgan fingerprint density at radius 2 is 2.24 bits per heavy atom. The van der Waals surface area contributed by atoms with Gasteiger partial charge >= 0.3 is 0 Å². The molecule has 0 saturated carbocycles. The average Bonchev–Trinajstić information content (AvgIpc) is 3.00. The maximum absolute atomic E-state index is 4.72. The maximum atomic E-state index is 4.72. The van der Waals surface area contributed by atoms with E-state index >= 15 is 0 Å². The number of aromatic amines is 1. The van der Waals surface area contributed by atoms with Gasteiger partial charge in [-0.05, 0) is 44.3 Å². The van der Waals surface area contributed by atoms with Gasteiger partial charge in [-0.2, -0.15) is 0 Å². The predicted molar refractivity (Wildman–Crippen MR) is 71.2 cm³/mol. The van der Waals surface area contributed by atoms with Crippen molar-refractivity contribution in [3.8, 4) is 10.6 Å². The van der Waals surface area contributed by atoms with E-state index < -0.39 is 0 Å². The second kappa shape index (κ2) is 5.02. The van der Waals surface area contributed by atoms with Crippen molar-refractivity contribution >= 4 is 11.3 Å². The summed E-state index contributed by atoms with van der Waals surface area (Å²) >= 11 is 1.75. The lowest BCUT2D eigenvalue weighted by Crippen LogP contribution is -2.28. The van der Waals surface area contributed by atoms with E-state index in [-0.39, 0.29) is 0 Å². The lowest BCUT2D eigenvalue weighted by Gasteiger charge is -2.21. The third kappa shape index (κ3) is 2.58. The molecule has 0 aliphatic carbocycles. The molecule has 90 valence electrons. The Bertz CT molecular complexity index is 455. The van der Waals surface area contributed by atoms with Crippen LogP contribution in [-0.4, -0.2) is 23.1 Å². The van der Waals surface area contributed by atoms with Gasteiger partial charge in [-0.25, -0.2) is 4.98 Å². The summed E-state index contributed by atoms with van der Waals surface area (Å²) < 4.78 is 0. The number of nitrogens with one attached hydrogen (secondary N) is 2. The molecule has 3 heterocycles. The summed E-state index contributed by atoms with van der Waals surface area (Å²) in [4.78, 5) is 7.80. The van der Waals surface area contributed by atoms with Crippen LogP contribution in [0.25, 0.3) is 10.6 Å². The fourth-order valence-electron chi connectivity index (χ4n) is 2.37. The van der Waals surface area contributed by atoms with Crippen LogP contribution < -0.4 is 5.32 Å². The standard InChI is InChI=1S/C13H17N3S/c1-4-14-5-2-10(1)7-12-9-17-13(16-12)11-3-6-15-8-11/h3,6,8-10,14-15H,1-2,4-5,7H2. The van der Waals surface area contributed by atoms with E-state index in [1.807, 2.05) is 12.4 Å². The second-order valence-corrected chi connectivity index (χ2v) is 5.50. The van der Waals surface area contributed by atoms with E-state index in [0.29, 0.717) is 0 Å². The lowest BCUT2D eigenvalue weighted by atomic mass is 9.93. The normalized spacial score (nSPS) is 17.4. The molecule has 0 atom stereocenters. The van der Waals surface area contributed by atoms with Crippen molar-refractivity contribution in [3.05, 3.63) is 29.5 Å². The van der Waals surface area contributed by atoms with Crippen LogP contribution in [-0.2, 0) is 6.42 Å². The van der Waals surface area contributed by atoms with Crippen molar-refractivity contribution in [2.75, 3.05) is 13.1 Å². The minimum Gasteiger partial charge on any atom is -0.367 e. The summed E-state index contributed by atoms with van der Waals surface area (Å²) in [6.07, 6.45) is 7.67. The van der Waals surface area contributed by atoms with Gasteiger partial charge in [0.15, 0.2) is 0 Å². The number of thiazole rings is 1. The van der Waals surface area contributed by atoms with Crippen LogP contribution in [0, 0.1) is 5.92 Å². The molecule has 0 radical (unpaired) electrons. The quantitative estimate of drug-likeness (QED) is 0.875. The first-order chi connectivity index (χ1) is 8.42. The molecule has 1 saturated heterocycles. The summed E-state index contributed by atoms with van der Waals surface area (Å²) in [5.41, 5.74) is 2.46. The van der Waals surface area contributed by atoms with Crippen LogP contribution in [0.1, 0.15) is 18.5 Å². The molecule has 1 fully saturated rings. The van der Waals surface area contributed by atoms with Gasteiger partial charge in [0.05, 0.1) is 5.69 Å². The highest BCUT2D eigenvalue weighted by Crippen LogP contribution is 2.25. The smallest absolute Gasteiger partial charge is 0.125 e. The number of hydrogen-bond donors (Lipinski definition) is 2. The van der Waals surface area contributed by atoms with Gasteiger partial charge in [-0.3, -0.25) is 0 Å². The number of H-pyrrole nitrogens is 1. The monoisotopic (exact) mass is 247 g/mol. The molecule has 1 aliphatic rings. The highest BCUT2D eigenvalue weighted by molar-refractivity contribution is 7.13. The van der Waals surface area contributed by atoms with Crippen LogP contribution in [0.5, 0.6) is 0 Å². The van der Waals surface area contributed by atoms with Gasteiger partial charge in [0.2, 0.25) is 0 Å². The summed E-state index contributed by atoms with van der Waals surface area (Å²) in [6, 6.07) is 2.08. The maximum Gasteiger partial charge on any atom is 0.125 e. The molecule has 0 aromatic carbocycles. The zero-order valence-corrected chi connectivity index (χ0v) is 10.6. The first-order valence-electron chi connectivity index (χ1n) is 6.20. The van der Waals surface area contributed by atoms with Crippen molar-refractivity contribution in [1.82, 2.24) is 15.3 Å². The zero-order chi connectivity index (χ0) is 11.5. The van der Waals surface area contributed by atoms with E-state index in [4.69, 9.17) is 4.98 Å². The number of piperidine rings is 1. The fraction of sp³-hybridized carbons (Fsp3) is 0.462. The van der Waals surface area contributed by atoms with Gasteiger partial charge < -0.3 is 10.3 Å². The van der Waals surface area contributed by atoms with Crippen molar-refractivity contribution in [1.29, 1.82) is 0 Å². The van der Waals surface area contributed by atoms with Gasteiger partial charge in [-0.1, -0.05) is 0 Å². The Kier molecular flexibility index (Phi) is 3.25. The van der Waals surface area contributed by atoms with Gasteiger partial charge in [0.1, 0.15) is 5.01 Å². The minimum absolute atomic E-state index is 0.817. The Labute approximate surface area is 105 Å². The highest BCUT2D eigenvalue weighted by Gasteiger charge is 2.15. The molecule has 2 aromatic heterocycles. The fourth-order valence-corrected chi connectivity index (χ4v) is 3.20. The number of hydrogen-bond acceptors (Lipinski definition) is 3. The van der Waals surface area contributed by atoms with Crippen LogP contribution in [0.3, 0.4) is 0 Å². The number of rotatable bonds is 3. The topological polar surface area (TPSA) is 40.7 Å². The summed E-state index contributed by atoms with van der Waals surface area (Å²) in [7, 11) is 0. The predicted octanol–water partition coefficient (Wildman–Crippen LogP) is 2.68. The average molecular weight is 247 g/mol. The van der Waals surface area contributed by atoms with E-state index in [2.05, 4.69) is 21.7 Å². The molecule has 0 bridgehead atoms. The summed E-state index contributed by atoms with van der Waals surface area (Å²) in [5, 5.41) is 6.75. The van der Waals surface area contributed by atoms with Gasteiger partial charge in [0, 0.05) is 23.3 Å². The number of nitrogens with zero attached hydrogens (tertiary/aromatic N) is 1. The summed E-state index contributed by atoms with van der Waals surface area (Å²) in [6.45, 7) is 2.33. The molecular weight excluding hydrogens is 230 g/mol. The molecule has 0 spiro atoms. The van der Waals surface area contributed by atoms with Crippen LogP contribution in [0.4, 0.5) is 0 Å². The third-order valence-electron chi connectivity index (χ3n) is 3.35. The van der Waals surface area contributed by atoms with E-state index in [9.17, 15) is 0 Å². The lowest BCUT2D eigenvalue weighted by molar-refractivity contribution is 0.370. The van der Waals surface area contributed by atoms with E-state index in [1.165, 1.54) is 37.2 Å². The Morgan fingerprint density at radius 3 is 3.00 bits per heavy atom. The van der Waals surface area contributed by atoms with Crippen molar-refractivity contribution < 1.29 is 0 Å². The van der Waals surface area contributed by atoms with Gasteiger partial charge in [-0.15, -0.1) is 11.3 Å². The Balaban J connectivity index is 1.68. The Morgan fingerprint density at radius 1 is 1.35 bits per heavy atom. The second-order valence-electron chi connectivity index (χ2n) is 4.64. The van der Waals surface area contributed by atoms with Crippen molar-refractivity contribution in [2.45, 2.75) is 19.3 Å². The first-order valence-corrected chi connectivity index (χ1v) is 7.08. The molecule has 0 amide bonds. The molecule has 3 nitrogen and oxygen atoms in total. The molecule has 4 heteroatoms. The molecule has 2 N–H and O–H groups in total. The largest absolute Gasteiger partial charge is 0.367 e. The molecular formula is C13H17N3S. The van der Waals surface area contributed by atoms with Crippen molar-refractivity contribution in [3.63, 3.8) is 0 Å². The minimum atomic E-state index is 0.817. The van der Waals surface area contributed by atoms with E-state index in [1.54, 1.807) is 11.3 Å². The molecule has 2 aromatic rings. The molecule has 1 aliphatic heterocycles. The zero-order valence-electron chi connectivity index (χ0n) is 9.78. The SMILES string of the molecule is c1cc(-c2nc(CC3CCNCC3)cs2)c[nH]1. The van der Waals surface area contributed by atoms with Crippen molar-refractivity contribution in [2.24, 2.45) is 5.92 Å². The number of aromatic nitrogens is 2. The van der Waals surface area contributed by atoms with Gasteiger partial charge in [0.25, 0.3) is 0 Å². The van der Waals surface area contributed by atoms with Crippen LogP contribution >= 0.6 is 11.3 Å². The third-order valence-corrected chi connectivity index (χ3v) is 4.29. The van der Waals surface area contributed by atoms with Crippen LogP contribution in [0.2, 0.25) is 0 Å². The molecule has 0 unspecified atom stereocenters.